The van der Waals surface area contributed by atoms with Gasteiger partial charge in [0.25, 0.3) is 0 Å². The van der Waals surface area contributed by atoms with E-state index < -0.39 is 50.6 Å². The van der Waals surface area contributed by atoms with Gasteiger partial charge in [-0.3, -0.25) is 0 Å². The Morgan fingerprint density at radius 1 is 1.09 bits per heavy atom. The lowest BCUT2D eigenvalue weighted by atomic mass is 9.99. The highest BCUT2D eigenvalue weighted by molar-refractivity contribution is 5.73. The molecule has 0 amide bonds. The number of carboxylic acid groups (broad SMARTS) is 1. The Morgan fingerprint density at radius 2 is 1.82 bits per heavy atom. The standard InChI is InChI=1S/C25H32N2O7/c1-26(2)12-5-13-27-18-7-4-3-6-15(18)8-9-16-14-17(10-11-19(16)27)33-25-22(30)20(28)21(29)23(34-25)24(31)32/h3-4,6-7,10-11,14,20-23,25,28-30H,5,8-9,12-13H2,1-2H3,(H,31,32)/t20?,21-,22-,23?,25+/m1/s1/i1D3,2D3. The maximum atomic E-state index is 11.4. The Morgan fingerprint density at radius 3 is 2.59 bits per heavy atom. The molecule has 34 heavy (non-hydrogen) atoms. The molecule has 2 unspecified atom stereocenters. The van der Waals surface area contributed by atoms with Crippen LogP contribution < -0.4 is 9.64 Å². The number of ether oxygens (including phenoxy) is 2. The molecule has 2 aromatic carbocycles. The summed E-state index contributed by atoms with van der Waals surface area (Å²) < 4.78 is 56.7. The molecule has 5 atom stereocenters. The first-order chi connectivity index (χ1) is 18.7. The summed E-state index contributed by atoms with van der Waals surface area (Å²) in [6.07, 6.45) is -7.20. The second kappa shape index (κ2) is 10.3. The van der Waals surface area contributed by atoms with E-state index in [0.717, 1.165) is 22.5 Å². The van der Waals surface area contributed by atoms with Crippen LogP contribution in [0.4, 0.5) is 11.4 Å². The number of anilines is 2. The van der Waals surface area contributed by atoms with E-state index in [9.17, 15) is 25.2 Å². The molecule has 2 heterocycles. The summed E-state index contributed by atoms with van der Waals surface area (Å²) in [6.45, 7) is -5.41. The van der Waals surface area contributed by atoms with Crippen molar-refractivity contribution in [3.05, 3.63) is 53.6 Å². The van der Waals surface area contributed by atoms with Gasteiger partial charge in [-0.2, -0.15) is 0 Å². The quantitative estimate of drug-likeness (QED) is 0.464. The minimum absolute atomic E-state index is 0.183. The summed E-state index contributed by atoms with van der Waals surface area (Å²) in [7, 11) is 0. The van der Waals surface area contributed by atoms with Crippen molar-refractivity contribution in [1.82, 2.24) is 4.90 Å². The van der Waals surface area contributed by atoms with Gasteiger partial charge < -0.3 is 39.7 Å². The van der Waals surface area contributed by atoms with Crippen molar-refractivity contribution >= 4 is 17.3 Å². The second-order valence-electron chi connectivity index (χ2n) is 8.43. The number of nitrogens with zero attached hydrogens (tertiary/aromatic N) is 2. The number of rotatable bonds is 7. The SMILES string of the molecule is [2H]C([2H])([2H])N(CCCN1c2ccccc2CCc2cc(O[C@H]3OC(C(=O)O)[C@H](O)C(O)[C@H]3O)ccc21)C([2H])([2H])[2H]. The van der Waals surface area contributed by atoms with Crippen LogP contribution in [0.5, 0.6) is 5.75 Å². The topological polar surface area (TPSA) is 123 Å². The highest BCUT2D eigenvalue weighted by Crippen LogP contribution is 2.38. The van der Waals surface area contributed by atoms with Crippen LogP contribution in [-0.2, 0) is 22.4 Å². The molecule has 4 rings (SSSR count). The molecule has 9 heteroatoms. The number of carboxylic acids is 1. The minimum atomic E-state index is -2.78. The van der Waals surface area contributed by atoms with Gasteiger partial charge in [-0.25, -0.2) is 4.79 Å². The molecule has 2 aliphatic rings. The molecule has 0 aliphatic carbocycles. The molecule has 0 bridgehead atoms. The monoisotopic (exact) mass is 478 g/mol. The van der Waals surface area contributed by atoms with E-state index >= 15 is 0 Å². The lowest BCUT2D eigenvalue weighted by molar-refractivity contribution is -0.271. The summed E-state index contributed by atoms with van der Waals surface area (Å²) >= 11 is 0. The van der Waals surface area contributed by atoms with E-state index in [1.807, 2.05) is 29.2 Å². The predicted octanol–water partition coefficient (Wildman–Crippen LogP) is 1.15. The average molecular weight is 479 g/mol. The van der Waals surface area contributed by atoms with Gasteiger partial charge in [0, 0.05) is 26.1 Å². The molecular formula is C25H32N2O7. The van der Waals surface area contributed by atoms with E-state index in [1.54, 1.807) is 18.2 Å². The first kappa shape index (κ1) is 17.7. The van der Waals surface area contributed by atoms with Gasteiger partial charge in [0.15, 0.2) is 6.10 Å². The first-order valence-electron chi connectivity index (χ1n) is 14.0. The Balaban J connectivity index is 1.58. The number of fused-ring (bicyclic) bond motifs is 2. The Kier molecular flexibility index (Phi) is 5.36. The number of hydrogen-bond acceptors (Lipinski definition) is 8. The van der Waals surface area contributed by atoms with Crippen LogP contribution in [0.3, 0.4) is 0 Å². The number of hydrogen-bond donors (Lipinski definition) is 4. The Hall–Kier alpha value is -2.69. The molecule has 2 aromatic rings. The van der Waals surface area contributed by atoms with Crippen LogP contribution in [0.15, 0.2) is 42.5 Å². The summed E-state index contributed by atoms with van der Waals surface area (Å²) in [6, 6.07) is 12.7. The molecule has 1 saturated heterocycles. The fraction of sp³-hybridized carbons (Fsp3) is 0.480. The number of aliphatic hydroxyl groups is 3. The van der Waals surface area contributed by atoms with Gasteiger partial charge in [-0.1, -0.05) is 18.2 Å². The van der Waals surface area contributed by atoms with Crippen LogP contribution in [0.25, 0.3) is 0 Å². The number of carbonyl (C=O) groups is 1. The van der Waals surface area contributed by atoms with Crippen molar-refractivity contribution in [2.75, 3.05) is 31.9 Å². The van der Waals surface area contributed by atoms with Crippen molar-refractivity contribution in [2.45, 2.75) is 50.0 Å². The number of aliphatic carboxylic acids is 1. The third-order valence-corrected chi connectivity index (χ3v) is 6.12. The molecule has 4 N–H and O–H groups in total. The van der Waals surface area contributed by atoms with Gasteiger partial charge in [0.1, 0.15) is 24.1 Å². The van der Waals surface area contributed by atoms with Gasteiger partial charge in [-0.15, -0.1) is 0 Å². The third-order valence-electron chi connectivity index (χ3n) is 6.12. The van der Waals surface area contributed by atoms with Gasteiger partial charge in [0.05, 0.1) is 0 Å². The molecule has 0 radical (unpaired) electrons. The average Bonchev–Trinajstić information content (AvgIpc) is 3.02. The van der Waals surface area contributed by atoms with Crippen molar-refractivity contribution < 1.29 is 42.9 Å². The normalized spacial score (nSPS) is 29.9. The van der Waals surface area contributed by atoms with Crippen LogP contribution in [0.2, 0.25) is 0 Å². The molecule has 9 nitrogen and oxygen atoms in total. The minimum Gasteiger partial charge on any atom is -0.479 e. The van der Waals surface area contributed by atoms with Gasteiger partial charge >= 0.3 is 5.97 Å². The number of aryl methyl sites for hydroxylation is 2. The van der Waals surface area contributed by atoms with Gasteiger partial charge in [0.2, 0.25) is 6.29 Å². The molecule has 0 spiro atoms. The zero-order valence-electron chi connectivity index (χ0n) is 24.4. The van der Waals surface area contributed by atoms with E-state index in [-0.39, 0.29) is 18.7 Å². The molecular weight excluding hydrogens is 440 g/mol. The number of aliphatic hydroxyl groups excluding tert-OH is 3. The fourth-order valence-electron chi connectivity index (χ4n) is 4.39. The van der Waals surface area contributed by atoms with Crippen LogP contribution in [0.1, 0.15) is 25.8 Å². The van der Waals surface area contributed by atoms with E-state index in [1.165, 1.54) is 0 Å². The number of para-hydroxylation sites is 1. The highest BCUT2D eigenvalue weighted by Gasteiger charge is 2.48. The van der Waals surface area contributed by atoms with Crippen LogP contribution >= 0.6 is 0 Å². The summed E-state index contributed by atoms with van der Waals surface area (Å²) in [5.41, 5.74) is 3.56. The molecule has 184 valence electrons. The zero-order chi connectivity index (χ0) is 29.4. The fourth-order valence-corrected chi connectivity index (χ4v) is 4.39. The largest absolute Gasteiger partial charge is 0.479 e. The summed E-state index contributed by atoms with van der Waals surface area (Å²) in [5, 5.41) is 39.6. The lowest BCUT2D eigenvalue weighted by Gasteiger charge is -2.38. The van der Waals surface area contributed by atoms with Crippen molar-refractivity contribution in [3.8, 4) is 5.75 Å². The maximum Gasteiger partial charge on any atom is 0.335 e. The zero-order valence-corrected chi connectivity index (χ0v) is 18.4. The molecule has 1 fully saturated rings. The second-order valence-corrected chi connectivity index (χ2v) is 8.43. The van der Waals surface area contributed by atoms with Crippen molar-refractivity contribution in [2.24, 2.45) is 0 Å². The van der Waals surface area contributed by atoms with Crippen LogP contribution in [-0.4, -0.2) is 89.0 Å². The molecule has 2 aliphatic heterocycles. The molecule has 0 saturated carbocycles. The maximum absolute atomic E-state index is 11.4. The lowest BCUT2D eigenvalue weighted by Crippen LogP contribution is -2.61. The van der Waals surface area contributed by atoms with E-state index in [0.29, 0.717) is 24.3 Å². The Bertz CT molecular complexity index is 1200. The van der Waals surface area contributed by atoms with E-state index in [4.69, 9.17) is 17.7 Å². The highest BCUT2D eigenvalue weighted by atomic mass is 16.7. The smallest absolute Gasteiger partial charge is 0.335 e. The summed E-state index contributed by atoms with van der Waals surface area (Å²) in [5.74, 6) is -1.28. The van der Waals surface area contributed by atoms with Gasteiger partial charge in [-0.05, 0) is 75.2 Å². The first-order valence-corrected chi connectivity index (χ1v) is 11.0. The van der Waals surface area contributed by atoms with Crippen molar-refractivity contribution in [3.63, 3.8) is 0 Å². The Labute approximate surface area is 207 Å². The van der Waals surface area contributed by atoms with Crippen LogP contribution in [0, 0.1) is 0 Å². The predicted molar refractivity (Wildman–Crippen MR) is 125 cm³/mol. The summed E-state index contributed by atoms with van der Waals surface area (Å²) in [4.78, 5) is 13.9. The van der Waals surface area contributed by atoms with Crippen molar-refractivity contribution in [1.29, 1.82) is 0 Å². The third kappa shape index (κ3) is 5.03. The molecule has 0 aromatic heterocycles. The van der Waals surface area contributed by atoms with E-state index in [2.05, 4.69) is 0 Å². The number of benzene rings is 2.